The average molecular weight is 163 g/mol. The second-order valence-electron chi connectivity index (χ2n) is 2.49. The smallest absolute Gasteiger partial charge is 0.226 e. The molecule has 12 heavy (non-hydrogen) atoms. The normalized spacial score (nSPS) is 9.75. The molecule has 0 spiro atoms. The van der Waals surface area contributed by atoms with Crippen molar-refractivity contribution in [3.63, 3.8) is 0 Å². The zero-order valence-corrected chi connectivity index (χ0v) is 6.66. The molecule has 0 unspecified atom stereocenters. The average Bonchev–Trinajstić information content (AvgIpc) is 2.05. The number of carbonyl (C=O) groups is 1. The van der Waals surface area contributed by atoms with Gasteiger partial charge >= 0.3 is 0 Å². The summed E-state index contributed by atoms with van der Waals surface area (Å²) in [4.78, 5) is 10.5. The first-order valence-corrected chi connectivity index (χ1v) is 3.65. The maximum absolute atomic E-state index is 10.5. The Bertz CT molecular complexity index is 266. The molecule has 0 aliphatic heterocycles. The quantitative estimate of drug-likeness (QED) is 0.667. The van der Waals surface area contributed by atoms with Gasteiger partial charge in [-0.15, -0.1) is 0 Å². The van der Waals surface area contributed by atoms with Gasteiger partial charge in [0.2, 0.25) is 5.91 Å². The van der Waals surface area contributed by atoms with Crippen molar-refractivity contribution in [3.05, 3.63) is 41.8 Å². The van der Waals surface area contributed by atoms with Gasteiger partial charge in [0.1, 0.15) is 0 Å². The van der Waals surface area contributed by atoms with E-state index in [1.165, 1.54) is 6.42 Å². The van der Waals surface area contributed by atoms with E-state index < -0.39 is 5.91 Å². The number of amides is 1. The first kappa shape index (κ1) is 8.74. The van der Waals surface area contributed by atoms with Crippen LogP contribution in [0.3, 0.4) is 0 Å². The van der Waals surface area contributed by atoms with Gasteiger partial charge in [0.15, 0.2) is 0 Å². The Morgan fingerprint density at radius 2 is 1.92 bits per heavy atom. The first-order chi connectivity index (χ1) is 5.72. The highest BCUT2D eigenvalue weighted by atomic mass is 16.1. The monoisotopic (exact) mass is 163 g/mol. The Labute approximate surface area is 71.4 Å². The van der Waals surface area contributed by atoms with Gasteiger partial charge in [0.25, 0.3) is 0 Å². The summed E-state index contributed by atoms with van der Waals surface area (Å²) in [6.45, 7) is 0.511. The number of hydrogen-bond donors (Lipinski definition) is 2. The molecule has 1 amide bonds. The third-order valence-corrected chi connectivity index (χ3v) is 1.52. The van der Waals surface area contributed by atoms with Crippen LogP contribution in [-0.4, -0.2) is 5.91 Å². The lowest BCUT2D eigenvalue weighted by atomic mass is 10.1. The molecule has 3 heteroatoms. The molecular weight excluding hydrogens is 152 g/mol. The molecule has 0 saturated carbocycles. The van der Waals surface area contributed by atoms with Crippen LogP contribution < -0.4 is 11.5 Å². The predicted molar refractivity (Wildman–Crippen MR) is 46.9 cm³/mol. The Morgan fingerprint density at radius 3 is 2.33 bits per heavy atom. The van der Waals surface area contributed by atoms with Crippen LogP contribution in [0, 0.1) is 6.42 Å². The predicted octanol–water partition coefficient (Wildman–Crippen LogP) is 0.183. The summed E-state index contributed by atoms with van der Waals surface area (Å²) >= 11 is 0. The van der Waals surface area contributed by atoms with Crippen molar-refractivity contribution >= 4 is 5.91 Å². The van der Waals surface area contributed by atoms with Gasteiger partial charge in [0, 0.05) is 6.54 Å². The summed E-state index contributed by atoms with van der Waals surface area (Å²) in [6, 6.07) is 7.36. The summed E-state index contributed by atoms with van der Waals surface area (Å²) in [5.41, 5.74) is 12.2. The zero-order chi connectivity index (χ0) is 8.97. The Hall–Kier alpha value is -1.35. The SMILES string of the molecule is NCc1ccc([CH]C(N)=O)cc1. The van der Waals surface area contributed by atoms with Crippen LogP contribution in [0.1, 0.15) is 11.1 Å². The molecule has 1 aromatic rings. The third-order valence-electron chi connectivity index (χ3n) is 1.52. The van der Waals surface area contributed by atoms with Gasteiger partial charge in [-0.2, -0.15) is 0 Å². The number of hydrogen-bond acceptors (Lipinski definition) is 2. The highest BCUT2D eigenvalue weighted by Crippen LogP contribution is 2.05. The molecule has 0 aromatic heterocycles. The van der Waals surface area contributed by atoms with Gasteiger partial charge in [-0.1, -0.05) is 24.3 Å². The minimum atomic E-state index is -0.435. The highest BCUT2D eigenvalue weighted by molar-refractivity contribution is 5.86. The van der Waals surface area contributed by atoms with Crippen LogP contribution >= 0.6 is 0 Å². The van der Waals surface area contributed by atoms with Crippen LogP contribution in [0.15, 0.2) is 24.3 Å². The molecule has 0 bridgehead atoms. The second kappa shape index (κ2) is 3.88. The third kappa shape index (κ3) is 2.36. The Kier molecular flexibility index (Phi) is 2.82. The molecule has 1 radical (unpaired) electrons. The van der Waals surface area contributed by atoms with E-state index in [9.17, 15) is 4.79 Å². The number of primary amides is 1. The number of carbonyl (C=O) groups excluding carboxylic acids is 1. The summed E-state index contributed by atoms with van der Waals surface area (Å²) in [7, 11) is 0. The van der Waals surface area contributed by atoms with Crippen LogP contribution in [0.5, 0.6) is 0 Å². The number of rotatable bonds is 3. The van der Waals surface area contributed by atoms with Crippen molar-refractivity contribution in [1.29, 1.82) is 0 Å². The fourth-order valence-electron chi connectivity index (χ4n) is 0.914. The van der Waals surface area contributed by atoms with Crippen LogP contribution in [0.4, 0.5) is 0 Å². The lowest BCUT2D eigenvalue weighted by Gasteiger charge is -1.98. The molecule has 3 nitrogen and oxygen atoms in total. The lowest BCUT2D eigenvalue weighted by molar-refractivity contribution is -0.114. The van der Waals surface area contributed by atoms with Gasteiger partial charge < -0.3 is 11.5 Å². The minimum absolute atomic E-state index is 0.435. The standard InChI is InChI=1S/C9H11N2O/c10-6-8-3-1-7(2-4-8)5-9(11)12/h1-5H,6,10H2,(H2,11,12). The molecule has 0 saturated heterocycles. The highest BCUT2D eigenvalue weighted by Gasteiger charge is 1.97. The topological polar surface area (TPSA) is 69.1 Å². The molecule has 4 N–H and O–H groups in total. The summed E-state index contributed by atoms with van der Waals surface area (Å²) in [5.74, 6) is -0.435. The fourth-order valence-corrected chi connectivity index (χ4v) is 0.914. The summed E-state index contributed by atoms with van der Waals surface area (Å²) in [6.07, 6.45) is 1.38. The van der Waals surface area contributed by atoms with E-state index >= 15 is 0 Å². The maximum atomic E-state index is 10.5. The van der Waals surface area contributed by atoms with E-state index in [4.69, 9.17) is 11.5 Å². The van der Waals surface area contributed by atoms with E-state index in [0.29, 0.717) is 6.54 Å². The van der Waals surface area contributed by atoms with Crippen LogP contribution in [0.2, 0.25) is 0 Å². The lowest BCUT2D eigenvalue weighted by Crippen LogP contribution is -2.11. The molecule has 0 heterocycles. The van der Waals surface area contributed by atoms with Gasteiger partial charge in [-0.05, 0) is 11.1 Å². The fraction of sp³-hybridized carbons (Fsp3) is 0.111. The van der Waals surface area contributed by atoms with Gasteiger partial charge in [-0.3, -0.25) is 4.79 Å². The largest absolute Gasteiger partial charge is 0.369 e. The Balaban J connectivity index is 2.71. The van der Waals surface area contributed by atoms with Crippen molar-refractivity contribution in [3.8, 4) is 0 Å². The molecule has 0 fully saturated rings. The van der Waals surface area contributed by atoms with Crippen molar-refractivity contribution < 1.29 is 4.79 Å². The summed E-state index contributed by atoms with van der Waals surface area (Å²) in [5, 5.41) is 0. The van der Waals surface area contributed by atoms with Crippen molar-refractivity contribution in [1.82, 2.24) is 0 Å². The van der Waals surface area contributed by atoms with Crippen molar-refractivity contribution in [2.24, 2.45) is 11.5 Å². The minimum Gasteiger partial charge on any atom is -0.369 e. The molecule has 63 valence electrons. The molecule has 1 rings (SSSR count). The maximum Gasteiger partial charge on any atom is 0.226 e. The van der Waals surface area contributed by atoms with E-state index in [1.807, 2.05) is 24.3 Å². The number of nitrogens with two attached hydrogens (primary N) is 2. The first-order valence-electron chi connectivity index (χ1n) is 3.65. The van der Waals surface area contributed by atoms with Crippen LogP contribution in [0.25, 0.3) is 0 Å². The Morgan fingerprint density at radius 1 is 1.33 bits per heavy atom. The van der Waals surface area contributed by atoms with Crippen LogP contribution in [-0.2, 0) is 11.3 Å². The summed E-state index contributed by atoms with van der Waals surface area (Å²) < 4.78 is 0. The van der Waals surface area contributed by atoms with E-state index in [0.717, 1.165) is 11.1 Å². The molecule has 0 aliphatic rings. The van der Waals surface area contributed by atoms with Gasteiger partial charge in [0.05, 0.1) is 6.42 Å². The second-order valence-corrected chi connectivity index (χ2v) is 2.49. The molecule has 1 aromatic carbocycles. The molecule has 0 aliphatic carbocycles. The van der Waals surface area contributed by atoms with Gasteiger partial charge in [-0.25, -0.2) is 0 Å². The van der Waals surface area contributed by atoms with E-state index in [1.54, 1.807) is 0 Å². The van der Waals surface area contributed by atoms with E-state index in [2.05, 4.69) is 0 Å². The number of benzene rings is 1. The van der Waals surface area contributed by atoms with E-state index in [-0.39, 0.29) is 0 Å². The van der Waals surface area contributed by atoms with Crippen molar-refractivity contribution in [2.45, 2.75) is 6.54 Å². The molecule has 0 atom stereocenters. The van der Waals surface area contributed by atoms with Crippen molar-refractivity contribution in [2.75, 3.05) is 0 Å². The molecular formula is C9H11N2O. The zero-order valence-electron chi connectivity index (χ0n) is 6.66.